The number of phenols is 1. The topological polar surface area (TPSA) is 49.3 Å². The largest absolute Gasteiger partial charge is 0.508 e. The van der Waals surface area contributed by atoms with Crippen molar-refractivity contribution in [2.24, 2.45) is 0 Å². The van der Waals surface area contributed by atoms with Gasteiger partial charge in [0.25, 0.3) is 0 Å². The third-order valence-corrected chi connectivity index (χ3v) is 3.62. The van der Waals surface area contributed by atoms with Gasteiger partial charge in [0.2, 0.25) is 0 Å². The number of aldehydes is 1. The summed E-state index contributed by atoms with van der Waals surface area (Å²) in [5.41, 5.74) is 0.582. The van der Waals surface area contributed by atoms with Crippen molar-refractivity contribution >= 4 is 29.5 Å². The first-order chi connectivity index (χ1) is 7.63. The number of nitrogens with one attached hydrogen (secondary N) is 1. The van der Waals surface area contributed by atoms with E-state index < -0.39 is 0 Å². The van der Waals surface area contributed by atoms with Crippen LogP contribution in [0.4, 0.5) is 0 Å². The summed E-state index contributed by atoms with van der Waals surface area (Å²) < 4.78 is 0. The highest BCUT2D eigenvalue weighted by Crippen LogP contribution is 2.40. The second-order valence-electron chi connectivity index (χ2n) is 3.83. The van der Waals surface area contributed by atoms with Crippen LogP contribution in [-0.4, -0.2) is 17.4 Å². The zero-order valence-electron chi connectivity index (χ0n) is 8.41. The zero-order chi connectivity index (χ0) is 11.7. The van der Waals surface area contributed by atoms with Crippen LogP contribution >= 0.6 is 23.2 Å². The second-order valence-corrected chi connectivity index (χ2v) is 4.62. The normalized spacial score (nSPS) is 24.6. The highest BCUT2D eigenvalue weighted by molar-refractivity contribution is 6.42. The van der Waals surface area contributed by atoms with Crippen LogP contribution in [0, 0.1) is 0 Å². The Kier molecular flexibility index (Phi) is 3.38. The van der Waals surface area contributed by atoms with Gasteiger partial charge in [-0.15, -0.1) is 0 Å². The minimum Gasteiger partial charge on any atom is -0.508 e. The van der Waals surface area contributed by atoms with Crippen LogP contribution in [0.1, 0.15) is 24.4 Å². The minimum atomic E-state index is -0.167. The van der Waals surface area contributed by atoms with Crippen LogP contribution < -0.4 is 5.32 Å². The molecule has 2 unspecified atom stereocenters. The van der Waals surface area contributed by atoms with E-state index >= 15 is 0 Å². The molecule has 2 rings (SSSR count). The summed E-state index contributed by atoms with van der Waals surface area (Å²) in [5.74, 6) is 0.110. The molecule has 2 N–H and O–H groups in total. The maximum atomic E-state index is 10.6. The highest BCUT2D eigenvalue weighted by atomic mass is 35.5. The Morgan fingerprint density at radius 2 is 2.12 bits per heavy atom. The number of phenolic OH excluding ortho intramolecular Hbond substituents is 1. The van der Waals surface area contributed by atoms with Gasteiger partial charge in [-0.3, -0.25) is 0 Å². The van der Waals surface area contributed by atoms with E-state index in [2.05, 4.69) is 5.32 Å². The summed E-state index contributed by atoms with van der Waals surface area (Å²) in [4.78, 5) is 10.6. The molecule has 1 saturated heterocycles. The number of hydrogen-bond donors (Lipinski definition) is 2. The van der Waals surface area contributed by atoms with E-state index in [1.165, 1.54) is 6.07 Å². The average Bonchev–Trinajstić information content (AvgIpc) is 2.73. The Hall–Kier alpha value is -0.770. The first kappa shape index (κ1) is 11.7. The van der Waals surface area contributed by atoms with Crippen LogP contribution in [0.3, 0.4) is 0 Å². The number of rotatable bonds is 2. The van der Waals surface area contributed by atoms with Crippen LogP contribution in [0.5, 0.6) is 5.75 Å². The van der Waals surface area contributed by atoms with E-state index in [0.29, 0.717) is 15.6 Å². The Labute approximate surface area is 103 Å². The summed E-state index contributed by atoms with van der Waals surface area (Å²) in [6.07, 6.45) is 2.38. The Bertz CT molecular complexity index is 423. The summed E-state index contributed by atoms with van der Waals surface area (Å²) in [6.45, 7) is 0. The van der Waals surface area contributed by atoms with Crippen molar-refractivity contribution in [1.29, 1.82) is 0 Å². The number of halogens is 2. The van der Waals surface area contributed by atoms with Gasteiger partial charge in [0.1, 0.15) is 12.0 Å². The molecule has 3 nitrogen and oxygen atoms in total. The quantitative estimate of drug-likeness (QED) is 0.804. The standard InChI is InChI=1S/C11H11Cl2NO2/c12-7-2-4-9(16)10(11(7)13)8-3-1-6(5-15)14-8/h2,4-6,8,14,16H,1,3H2. The van der Waals surface area contributed by atoms with Gasteiger partial charge in [-0.1, -0.05) is 23.2 Å². The van der Waals surface area contributed by atoms with Crippen molar-refractivity contribution in [3.63, 3.8) is 0 Å². The van der Waals surface area contributed by atoms with Gasteiger partial charge in [-0.2, -0.15) is 0 Å². The first-order valence-electron chi connectivity index (χ1n) is 5.01. The van der Waals surface area contributed by atoms with E-state index in [1.807, 2.05) is 0 Å². The summed E-state index contributed by atoms with van der Waals surface area (Å²) in [5, 5.41) is 13.6. The molecule has 1 aliphatic heterocycles. The van der Waals surface area contributed by atoms with Gasteiger partial charge < -0.3 is 15.2 Å². The van der Waals surface area contributed by atoms with Crippen molar-refractivity contribution in [2.75, 3.05) is 0 Å². The molecular formula is C11H11Cl2NO2. The molecule has 86 valence electrons. The molecule has 0 radical (unpaired) electrons. The molecule has 1 aromatic carbocycles. The average molecular weight is 260 g/mol. The molecule has 0 bridgehead atoms. The predicted octanol–water partition coefficient (Wildman–Crippen LogP) is 2.69. The van der Waals surface area contributed by atoms with Gasteiger partial charge in [-0.25, -0.2) is 0 Å². The monoisotopic (exact) mass is 259 g/mol. The maximum absolute atomic E-state index is 10.6. The fourth-order valence-electron chi connectivity index (χ4n) is 1.99. The lowest BCUT2D eigenvalue weighted by molar-refractivity contribution is -0.109. The van der Waals surface area contributed by atoms with Crippen LogP contribution in [-0.2, 0) is 4.79 Å². The lowest BCUT2D eigenvalue weighted by Gasteiger charge is -2.15. The van der Waals surface area contributed by atoms with Crippen LogP contribution in [0.2, 0.25) is 10.0 Å². The number of carbonyl (C=O) groups is 1. The lowest BCUT2D eigenvalue weighted by atomic mass is 10.0. The Morgan fingerprint density at radius 3 is 2.75 bits per heavy atom. The van der Waals surface area contributed by atoms with E-state index in [0.717, 1.165) is 19.1 Å². The predicted molar refractivity (Wildman–Crippen MR) is 63.1 cm³/mol. The van der Waals surface area contributed by atoms with Gasteiger partial charge in [0.05, 0.1) is 16.1 Å². The van der Waals surface area contributed by atoms with Gasteiger partial charge in [-0.05, 0) is 25.0 Å². The number of carbonyl (C=O) groups excluding carboxylic acids is 1. The molecule has 16 heavy (non-hydrogen) atoms. The Balaban J connectivity index is 2.34. The molecule has 0 aromatic heterocycles. The fraction of sp³-hybridized carbons (Fsp3) is 0.364. The van der Waals surface area contributed by atoms with Crippen molar-refractivity contribution in [3.05, 3.63) is 27.7 Å². The third kappa shape index (κ3) is 2.03. The number of hydrogen-bond acceptors (Lipinski definition) is 3. The van der Waals surface area contributed by atoms with Gasteiger partial charge in [0.15, 0.2) is 0 Å². The SMILES string of the molecule is O=CC1CCC(c2c(O)ccc(Cl)c2Cl)N1. The first-order valence-corrected chi connectivity index (χ1v) is 5.77. The second kappa shape index (κ2) is 4.62. The van der Waals surface area contributed by atoms with Crippen LogP contribution in [0.15, 0.2) is 12.1 Å². The molecule has 0 spiro atoms. The van der Waals surface area contributed by atoms with Crippen molar-refractivity contribution in [1.82, 2.24) is 5.32 Å². The number of benzene rings is 1. The summed E-state index contributed by atoms with van der Waals surface area (Å²) in [7, 11) is 0. The van der Waals surface area contributed by atoms with E-state index in [9.17, 15) is 9.90 Å². The lowest BCUT2D eigenvalue weighted by Crippen LogP contribution is -2.25. The number of aromatic hydroxyl groups is 1. The molecule has 5 heteroatoms. The molecule has 1 aliphatic rings. The van der Waals surface area contributed by atoms with Gasteiger partial charge >= 0.3 is 0 Å². The molecule has 1 aromatic rings. The van der Waals surface area contributed by atoms with E-state index in [4.69, 9.17) is 23.2 Å². The van der Waals surface area contributed by atoms with E-state index in [-0.39, 0.29) is 17.8 Å². The zero-order valence-corrected chi connectivity index (χ0v) is 9.92. The summed E-state index contributed by atoms with van der Waals surface area (Å²) >= 11 is 11.9. The van der Waals surface area contributed by atoms with Crippen LogP contribution in [0.25, 0.3) is 0 Å². The molecule has 0 amide bonds. The smallest absolute Gasteiger partial charge is 0.136 e. The fourth-order valence-corrected chi connectivity index (χ4v) is 2.45. The molecule has 0 aliphatic carbocycles. The highest BCUT2D eigenvalue weighted by Gasteiger charge is 2.28. The summed E-state index contributed by atoms with van der Waals surface area (Å²) in [6, 6.07) is 2.79. The van der Waals surface area contributed by atoms with E-state index in [1.54, 1.807) is 6.07 Å². The minimum absolute atomic E-state index is 0.110. The Morgan fingerprint density at radius 1 is 1.38 bits per heavy atom. The molecule has 1 heterocycles. The van der Waals surface area contributed by atoms with Crippen molar-refractivity contribution < 1.29 is 9.90 Å². The molecule has 1 fully saturated rings. The molecule has 0 saturated carbocycles. The third-order valence-electron chi connectivity index (χ3n) is 2.80. The van der Waals surface area contributed by atoms with Crippen molar-refractivity contribution in [2.45, 2.75) is 24.9 Å². The van der Waals surface area contributed by atoms with Gasteiger partial charge in [0, 0.05) is 11.6 Å². The maximum Gasteiger partial charge on any atom is 0.136 e. The van der Waals surface area contributed by atoms with Crippen molar-refractivity contribution in [3.8, 4) is 5.75 Å². The molecular weight excluding hydrogens is 249 g/mol. The molecule has 2 atom stereocenters.